The molecule has 0 aliphatic heterocycles. The number of rotatable bonds is 8. The topological polar surface area (TPSA) is 66.6 Å². The highest BCUT2D eigenvalue weighted by Gasteiger charge is 2.29. The molecule has 1 aromatic rings. The second-order valence-corrected chi connectivity index (χ2v) is 6.11. The first-order valence-electron chi connectivity index (χ1n) is 6.71. The summed E-state index contributed by atoms with van der Waals surface area (Å²) >= 11 is 0. The Morgan fingerprint density at radius 2 is 1.80 bits per heavy atom. The van der Waals surface area contributed by atoms with Crippen LogP contribution in [0.25, 0.3) is 0 Å². The Morgan fingerprint density at radius 3 is 2.30 bits per heavy atom. The molecule has 0 aromatic heterocycles. The van der Waals surface area contributed by atoms with Crippen molar-refractivity contribution in [3.63, 3.8) is 0 Å². The summed E-state index contributed by atoms with van der Waals surface area (Å²) in [5.74, 6) is -0.555. The summed E-state index contributed by atoms with van der Waals surface area (Å²) in [4.78, 5) is 0. The summed E-state index contributed by atoms with van der Waals surface area (Å²) in [5, 5.41) is 0. The van der Waals surface area contributed by atoms with E-state index >= 15 is 0 Å². The molecule has 2 N–H and O–H groups in total. The molecule has 0 saturated heterocycles. The normalized spacial score (nSPS) is 11.8. The summed E-state index contributed by atoms with van der Waals surface area (Å²) in [5.41, 5.74) is 5.51. The maximum absolute atomic E-state index is 13.9. The monoisotopic (exact) mass is 303 g/mol. The van der Waals surface area contributed by atoms with Crippen LogP contribution in [0.4, 0.5) is 10.1 Å². The first-order valence-corrected chi connectivity index (χ1v) is 8.11. The largest absolute Gasteiger partial charge is 0.330 e. The molecule has 0 atom stereocenters. The fourth-order valence-corrected chi connectivity index (χ4v) is 3.63. The Hall–Kier alpha value is -1.18. The maximum atomic E-state index is 13.9. The van der Waals surface area contributed by atoms with Crippen LogP contribution in [0.1, 0.15) is 20.3 Å². The number of nitrogens with zero attached hydrogens (tertiary/aromatic N) is 2. The number of para-hydroxylation sites is 1. The average Bonchev–Trinajstić information content (AvgIpc) is 2.42. The number of benzene rings is 1. The Balaban J connectivity index is 3.22. The molecule has 0 amide bonds. The minimum absolute atomic E-state index is 0.0628. The maximum Gasteiger partial charge on any atom is 0.304 e. The van der Waals surface area contributed by atoms with Crippen molar-refractivity contribution in [1.82, 2.24) is 4.31 Å². The predicted octanol–water partition coefficient (Wildman–Crippen LogP) is 1.57. The van der Waals surface area contributed by atoms with Gasteiger partial charge in [0.15, 0.2) is 0 Å². The molecular weight excluding hydrogens is 281 g/mol. The van der Waals surface area contributed by atoms with Gasteiger partial charge >= 0.3 is 10.2 Å². The van der Waals surface area contributed by atoms with Gasteiger partial charge in [0.05, 0.1) is 5.69 Å². The smallest absolute Gasteiger partial charge is 0.304 e. The van der Waals surface area contributed by atoms with Crippen LogP contribution in [0.5, 0.6) is 0 Å². The molecule has 0 aliphatic rings. The van der Waals surface area contributed by atoms with Crippen molar-refractivity contribution in [2.24, 2.45) is 5.73 Å². The van der Waals surface area contributed by atoms with Crippen molar-refractivity contribution in [1.29, 1.82) is 0 Å². The Morgan fingerprint density at radius 1 is 1.20 bits per heavy atom. The van der Waals surface area contributed by atoms with Gasteiger partial charge in [-0.2, -0.15) is 12.7 Å². The highest BCUT2D eigenvalue weighted by molar-refractivity contribution is 7.90. The van der Waals surface area contributed by atoms with Gasteiger partial charge in [0, 0.05) is 19.6 Å². The first kappa shape index (κ1) is 16.9. The summed E-state index contributed by atoms with van der Waals surface area (Å²) in [7, 11) is -3.74. The van der Waals surface area contributed by atoms with Crippen molar-refractivity contribution < 1.29 is 12.8 Å². The molecule has 5 nitrogen and oxygen atoms in total. The second-order valence-electron chi connectivity index (χ2n) is 4.26. The molecular formula is C13H22FN3O2S. The quantitative estimate of drug-likeness (QED) is 0.792. The van der Waals surface area contributed by atoms with E-state index in [1.807, 2.05) is 0 Å². The summed E-state index contributed by atoms with van der Waals surface area (Å²) in [6.45, 7) is 4.70. The number of anilines is 1. The van der Waals surface area contributed by atoms with Crippen LogP contribution in [0.2, 0.25) is 0 Å². The van der Waals surface area contributed by atoms with E-state index in [-0.39, 0.29) is 12.2 Å². The minimum Gasteiger partial charge on any atom is -0.330 e. The molecule has 0 bridgehead atoms. The fraction of sp³-hybridized carbons (Fsp3) is 0.538. The number of halogens is 1. The van der Waals surface area contributed by atoms with Gasteiger partial charge in [-0.3, -0.25) is 4.31 Å². The standard InChI is InChI=1S/C13H22FN3O2S/c1-3-16(4-2)20(18,19)17(11-7-10-15)13-9-6-5-8-12(13)14/h5-6,8-9H,3-4,7,10-11,15H2,1-2H3. The first-order chi connectivity index (χ1) is 9.48. The van der Waals surface area contributed by atoms with E-state index in [2.05, 4.69) is 0 Å². The summed E-state index contributed by atoms with van der Waals surface area (Å²) in [6.07, 6.45) is 0.467. The number of hydrogen-bond donors (Lipinski definition) is 1. The van der Waals surface area contributed by atoms with Crippen molar-refractivity contribution in [2.75, 3.05) is 30.5 Å². The van der Waals surface area contributed by atoms with E-state index in [1.54, 1.807) is 19.9 Å². The second kappa shape index (κ2) is 7.56. The van der Waals surface area contributed by atoms with Crippen LogP contribution >= 0.6 is 0 Å². The number of hydrogen-bond acceptors (Lipinski definition) is 3. The van der Waals surface area contributed by atoms with Gasteiger partial charge < -0.3 is 5.73 Å². The molecule has 0 fully saturated rings. The van der Waals surface area contributed by atoms with Gasteiger partial charge in [0.25, 0.3) is 0 Å². The van der Waals surface area contributed by atoms with Gasteiger partial charge in [0.1, 0.15) is 5.82 Å². The Bertz CT molecular complexity index is 518. The van der Waals surface area contributed by atoms with Crippen LogP contribution in [0.15, 0.2) is 24.3 Å². The predicted molar refractivity (Wildman–Crippen MR) is 79.3 cm³/mol. The third-order valence-electron chi connectivity index (χ3n) is 3.00. The van der Waals surface area contributed by atoms with Crippen molar-refractivity contribution in [2.45, 2.75) is 20.3 Å². The fourth-order valence-electron chi connectivity index (χ4n) is 1.94. The van der Waals surface area contributed by atoms with Gasteiger partial charge in [-0.15, -0.1) is 0 Å². The highest BCUT2D eigenvalue weighted by atomic mass is 32.2. The molecule has 0 radical (unpaired) electrons. The molecule has 0 aliphatic carbocycles. The zero-order chi connectivity index (χ0) is 15.2. The van der Waals surface area contributed by atoms with E-state index < -0.39 is 16.0 Å². The van der Waals surface area contributed by atoms with Gasteiger partial charge in [-0.05, 0) is 25.1 Å². The Labute approximate surface area is 120 Å². The molecule has 1 aromatic carbocycles. The number of nitrogens with two attached hydrogens (primary N) is 1. The molecule has 0 heterocycles. The van der Waals surface area contributed by atoms with Crippen LogP contribution in [0.3, 0.4) is 0 Å². The lowest BCUT2D eigenvalue weighted by Crippen LogP contribution is -2.45. The van der Waals surface area contributed by atoms with Crippen LogP contribution in [-0.4, -0.2) is 38.9 Å². The van der Waals surface area contributed by atoms with E-state index in [4.69, 9.17) is 5.73 Å². The van der Waals surface area contributed by atoms with E-state index in [0.29, 0.717) is 26.1 Å². The molecule has 0 unspecified atom stereocenters. The zero-order valence-corrected chi connectivity index (χ0v) is 12.7. The zero-order valence-electron chi connectivity index (χ0n) is 11.9. The third-order valence-corrected chi connectivity index (χ3v) is 5.10. The van der Waals surface area contributed by atoms with Gasteiger partial charge in [0.2, 0.25) is 0 Å². The van der Waals surface area contributed by atoms with Crippen molar-refractivity contribution in [3.8, 4) is 0 Å². The molecule has 7 heteroatoms. The Kier molecular flexibility index (Phi) is 6.38. The van der Waals surface area contributed by atoms with Gasteiger partial charge in [-0.1, -0.05) is 26.0 Å². The lowest BCUT2D eigenvalue weighted by Gasteiger charge is -2.30. The van der Waals surface area contributed by atoms with Crippen LogP contribution in [0, 0.1) is 5.82 Å². The SMILES string of the molecule is CCN(CC)S(=O)(=O)N(CCCN)c1ccccc1F. The van der Waals surface area contributed by atoms with E-state index in [0.717, 1.165) is 4.31 Å². The molecule has 0 saturated carbocycles. The van der Waals surface area contributed by atoms with E-state index in [9.17, 15) is 12.8 Å². The third kappa shape index (κ3) is 3.68. The van der Waals surface area contributed by atoms with Crippen LogP contribution in [-0.2, 0) is 10.2 Å². The lowest BCUT2D eigenvalue weighted by molar-refractivity contribution is 0.440. The molecule has 114 valence electrons. The van der Waals surface area contributed by atoms with Crippen molar-refractivity contribution in [3.05, 3.63) is 30.1 Å². The lowest BCUT2D eigenvalue weighted by atomic mass is 10.3. The molecule has 0 spiro atoms. The summed E-state index contributed by atoms with van der Waals surface area (Å²) in [6, 6.07) is 5.87. The minimum atomic E-state index is -3.74. The van der Waals surface area contributed by atoms with Crippen LogP contribution < -0.4 is 10.0 Å². The average molecular weight is 303 g/mol. The molecule has 20 heavy (non-hydrogen) atoms. The molecule has 1 rings (SSSR count). The van der Waals surface area contributed by atoms with E-state index in [1.165, 1.54) is 22.5 Å². The van der Waals surface area contributed by atoms with Gasteiger partial charge in [-0.25, -0.2) is 4.39 Å². The summed E-state index contributed by atoms with van der Waals surface area (Å²) < 4.78 is 41.5. The van der Waals surface area contributed by atoms with Crippen molar-refractivity contribution >= 4 is 15.9 Å². The highest BCUT2D eigenvalue weighted by Crippen LogP contribution is 2.23.